The van der Waals surface area contributed by atoms with Gasteiger partial charge < -0.3 is 4.74 Å². The lowest BCUT2D eigenvalue weighted by molar-refractivity contribution is 0.102. The Bertz CT molecular complexity index is 1170. The number of fused-ring (bicyclic) bond motifs is 1. The van der Waals surface area contributed by atoms with Gasteiger partial charge in [-0.2, -0.15) is 9.50 Å². The first-order valence-electron chi connectivity index (χ1n) is 8.32. The number of nitrogens with one attached hydrogen (secondary N) is 1. The Labute approximate surface area is 158 Å². The Morgan fingerprint density at radius 1 is 1.04 bits per heavy atom. The highest BCUT2D eigenvalue weighted by Crippen LogP contribution is 2.28. The minimum Gasteiger partial charge on any atom is -0.481 e. The molecule has 4 aromatic rings. The van der Waals surface area contributed by atoms with Gasteiger partial charge in [0.05, 0.1) is 12.7 Å². The molecule has 2 aromatic carbocycles. The highest BCUT2D eigenvalue weighted by Gasteiger charge is 2.17. The number of rotatable bonds is 4. The third-order valence-corrected chi connectivity index (χ3v) is 4.16. The molecule has 6 nitrogen and oxygen atoms in total. The topological polar surface area (TPSA) is 68.5 Å². The third kappa shape index (κ3) is 3.16. The van der Waals surface area contributed by atoms with Gasteiger partial charge in [-0.1, -0.05) is 24.3 Å². The highest BCUT2D eigenvalue weighted by atomic mass is 19.1. The number of hydrogen-bond donors (Lipinski definition) is 1. The van der Waals surface area contributed by atoms with E-state index in [1.807, 2.05) is 0 Å². The molecule has 0 bridgehead atoms. The molecule has 0 unspecified atom stereocenters. The molecule has 8 heteroatoms. The number of halogens is 2. The van der Waals surface area contributed by atoms with Crippen molar-refractivity contribution in [1.29, 1.82) is 0 Å². The number of pyridine rings is 1. The van der Waals surface area contributed by atoms with Crippen molar-refractivity contribution >= 4 is 17.5 Å². The van der Waals surface area contributed by atoms with Gasteiger partial charge in [0.15, 0.2) is 5.65 Å². The average Bonchev–Trinajstić information content (AvgIpc) is 3.11. The van der Waals surface area contributed by atoms with Crippen LogP contribution in [-0.4, -0.2) is 27.6 Å². The van der Waals surface area contributed by atoms with Crippen LogP contribution in [0.2, 0.25) is 0 Å². The van der Waals surface area contributed by atoms with Gasteiger partial charge in [0.25, 0.3) is 5.91 Å². The van der Waals surface area contributed by atoms with Crippen LogP contribution in [0.1, 0.15) is 10.4 Å². The van der Waals surface area contributed by atoms with Crippen molar-refractivity contribution in [2.45, 2.75) is 0 Å². The van der Waals surface area contributed by atoms with Crippen LogP contribution in [0.25, 0.3) is 16.8 Å². The largest absolute Gasteiger partial charge is 0.481 e. The summed E-state index contributed by atoms with van der Waals surface area (Å²) in [7, 11) is 1.48. The van der Waals surface area contributed by atoms with Crippen LogP contribution >= 0.6 is 0 Å². The van der Waals surface area contributed by atoms with Crippen molar-refractivity contribution in [3.8, 4) is 17.0 Å². The Hall–Kier alpha value is -3.81. The molecule has 0 atom stereocenters. The summed E-state index contributed by atoms with van der Waals surface area (Å²) in [5.74, 6) is -1.29. The fourth-order valence-corrected chi connectivity index (χ4v) is 2.82. The molecule has 0 fully saturated rings. The summed E-state index contributed by atoms with van der Waals surface area (Å²) in [6.45, 7) is 0. The predicted octanol–water partition coefficient (Wildman–Crippen LogP) is 3.94. The lowest BCUT2D eigenvalue weighted by Gasteiger charge is -2.06. The van der Waals surface area contributed by atoms with Crippen LogP contribution in [0.15, 0.2) is 60.7 Å². The standard InChI is InChI=1S/C20H14F2N4O2/c1-28-17-11-10-14(12-6-8-13(21)9-7-12)18-23-20(25-26(17)18)24-19(27)15-4-2-3-5-16(15)22/h2-11H,1H3,(H,24,25,27). The summed E-state index contributed by atoms with van der Waals surface area (Å²) in [6, 6.07) is 15.0. The van der Waals surface area contributed by atoms with E-state index in [1.54, 1.807) is 30.3 Å². The quantitative estimate of drug-likeness (QED) is 0.582. The number of carbonyl (C=O) groups excluding carboxylic acids is 1. The van der Waals surface area contributed by atoms with Crippen LogP contribution in [0.4, 0.5) is 14.7 Å². The fourth-order valence-electron chi connectivity index (χ4n) is 2.82. The van der Waals surface area contributed by atoms with E-state index in [0.29, 0.717) is 22.7 Å². The Kier molecular flexibility index (Phi) is 4.44. The van der Waals surface area contributed by atoms with Crippen molar-refractivity contribution in [3.63, 3.8) is 0 Å². The Morgan fingerprint density at radius 3 is 2.50 bits per heavy atom. The zero-order valence-corrected chi connectivity index (χ0v) is 14.7. The van der Waals surface area contributed by atoms with Crippen molar-refractivity contribution in [2.24, 2.45) is 0 Å². The van der Waals surface area contributed by atoms with Crippen LogP contribution in [0, 0.1) is 11.6 Å². The molecule has 0 radical (unpaired) electrons. The van der Waals surface area contributed by atoms with Gasteiger partial charge in [-0.05, 0) is 35.9 Å². The van der Waals surface area contributed by atoms with Gasteiger partial charge in [0.1, 0.15) is 11.6 Å². The second-order valence-corrected chi connectivity index (χ2v) is 5.90. The molecule has 0 spiro atoms. The summed E-state index contributed by atoms with van der Waals surface area (Å²) < 4.78 is 33.8. The van der Waals surface area contributed by atoms with E-state index in [4.69, 9.17) is 4.74 Å². The van der Waals surface area contributed by atoms with Crippen molar-refractivity contribution in [2.75, 3.05) is 12.4 Å². The molecule has 0 aliphatic carbocycles. The summed E-state index contributed by atoms with van der Waals surface area (Å²) >= 11 is 0. The van der Waals surface area contributed by atoms with Crippen LogP contribution < -0.4 is 10.1 Å². The summed E-state index contributed by atoms with van der Waals surface area (Å²) in [5.41, 5.74) is 1.66. The van der Waals surface area contributed by atoms with Crippen molar-refractivity contribution < 1.29 is 18.3 Å². The van der Waals surface area contributed by atoms with E-state index in [-0.39, 0.29) is 17.3 Å². The van der Waals surface area contributed by atoms with E-state index in [9.17, 15) is 13.6 Å². The zero-order valence-electron chi connectivity index (χ0n) is 14.7. The molecule has 2 aromatic heterocycles. The molecular weight excluding hydrogens is 366 g/mol. The van der Waals surface area contributed by atoms with E-state index in [0.717, 1.165) is 0 Å². The van der Waals surface area contributed by atoms with Gasteiger partial charge in [-0.3, -0.25) is 10.1 Å². The second kappa shape index (κ2) is 7.07. The predicted molar refractivity (Wildman–Crippen MR) is 99.3 cm³/mol. The third-order valence-electron chi connectivity index (χ3n) is 4.16. The van der Waals surface area contributed by atoms with Crippen LogP contribution in [0.5, 0.6) is 5.88 Å². The average molecular weight is 380 g/mol. The smallest absolute Gasteiger partial charge is 0.261 e. The van der Waals surface area contributed by atoms with Gasteiger partial charge in [0, 0.05) is 11.6 Å². The number of benzene rings is 2. The lowest BCUT2D eigenvalue weighted by Crippen LogP contribution is -2.14. The second-order valence-electron chi connectivity index (χ2n) is 5.90. The number of amides is 1. The molecule has 1 N–H and O–H groups in total. The summed E-state index contributed by atoms with van der Waals surface area (Å²) in [4.78, 5) is 16.7. The maximum atomic E-state index is 13.8. The van der Waals surface area contributed by atoms with Gasteiger partial charge in [-0.25, -0.2) is 8.78 Å². The molecular formula is C20H14F2N4O2. The van der Waals surface area contributed by atoms with E-state index in [2.05, 4.69) is 15.4 Å². The number of ether oxygens (including phenoxy) is 1. The summed E-state index contributed by atoms with van der Waals surface area (Å²) in [5, 5.41) is 6.72. The van der Waals surface area contributed by atoms with Crippen molar-refractivity contribution in [3.05, 3.63) is 77.9 Å². The highest BCUT2D eigenvalue weighted by molar-refractivity contribution is 6.03. The Balaban J connectivity index is 1.77. The van der Waals surface area contributed by atoms with Gasteiger partial charge in [0.2, 0.25) is 11.8 Å². The summed E-state index contributed by atoms with van der Waals surface area (Å²) in [6.07, 6.45) is 0. The molecule has 2 heterocycles. The van der Waals surface area contributed by atoms with E-state index < -0.39 is 11.7 Å². The molecule has 140 valence electrons. The molecule has 4 rings (SSSR count). The molecule has 28 heavy (non-hydrogen) atoms. The number of hydrogen-bond acceptors (Lipinski definition) is 4. The van der Waals surface area contributed by atoms with E-state index >= 15 is 0 Å². The zero-order chi connectivity index (χ0) is 19.7. The number of nitrogens with zero attached hydrogens (tertiary/aromatic N) is 3. The maximum Gasteiger partial charge on any atom is 0.261 e. The number of methoxy groups -OCH3 is 1. The van der Waals surface area contributed by atoms with Gasteiger partial charge in [-0.15, -0.1) is 5.10 Å². The minimum absolute atomic E-state index is 0.0129. The molecule has 0 saturated heterocycles. The Morgan fingerprint density at radius 2 is 1.79 bits per heavy atom. The first kappa shape index (κ1) is 17.6. The number of aromatic nitrogens is 3. The fraction of sp³-hybridized carbons (Fsp3) is 0.0500. The minimum atomic E-state index is -0.670. The van der Waals surface area contributed by atoms with Crippen molar-refractivity contribution in [1.82, 2.24) is 14.6 Å². The van der Waals surface area contributed by atoms with Crippen LogP contribution in [0.3, 0.4) is 0 Å². The van der Waals surface area contributed by atoms with E-state index in [1.165, 1.54) is 42.0 Å². The number of anilines is 1. The monoisotopic (exact) mass is 380 g/mol. The van der Waals surface area contributed by atoms with Gasteiger partial charge >= 0.3 is 0 Å². The molecule has 0 aliphatic rings. The molecule has 0 saturated carbocycles. The first-order chi connectivity index (χ1) is 13.6. The molecule has 0 aliphatic heterocycles. The normalized spacial score (nSPS) is 10.8. The lowest BCUT2D eigenvalue weighted by atomic mass is 10.1. The number of carbonyl (C=O) groups is 1. The first-order valence-corrected chi connectivity index (χ1v) is 8.32. The molecule has 1 amide bonds. The van der Waals surface area contributed by atoms with Crippen LogP contribution in [-0.2, 0) is 0 Å². The maximum absolute atomic E-state index is 13.8. The SMILES string of the molecule is COc1ccc(-c2ccc(F)cc2)c2nc(NC(=O)c3ccccc3F)nn12.